The molecule has 3 nitrogen and oxygen atoms in total. The zero-order chi connectivity index (χ0) is 11.4. The molecule has 0 amide bonds. The van der Waals surface area contributed by atoms with Gasteiger partial charge in [0.2, 0.25) is 0 Å². The van der Waals surface area contributed by atoms with Gasteiger partial charge in [0.1, 0.15) is 0 Å². The second-order valence-corrected chi connectivity index (χ2v) is 4.95. The molecule has 1 saturated heterocycles. The Kier molecular flexibility index (Phi) is 4.22. The van der Waals surface area contributed by atoms with E-state index in [1.807, 2.05) is 0 Å². The zero-order valence-electron chi connectivity index (χ0n) is 10.1. The maximum atomic E-state index is 11.7. The summed E-state index contributed by atoms with van der Waals surface area (Å²) >= 11 is 0. The van der Waals surface area contributed by atoms with Gasteiger partial charge < -0.3 is 9.47 Å². The number of carbonyl (C=O) groups is 1. The molecule has 0 N–H and O–H groups in total. The van der Waals surface area contributed by atoms with Gasteiger partial charge in [-0.25, -0.2) is 0 Å². The lowest BCUT2D eigenvalue weighted by Crippen LogP contribution is -2.24. The molecule has 16 heavy (non-hydrogen) atoms. The van der Waals surface area contributed by atoms with Crippen LogP contribution in [0.15, 0.2) is 0 Å². The van der Waals surface area contributed by atoms with E-state index in [0.29, 0.717) is 18.8 Å². The number of ether oxygens (including phenoxy) is 2. The first-order valence-corrected chi connectivity index (χ1v) is 6.63. The van der Waals surface area contributed by atoms with E-state index in [-0.39, 0.29) is 11.9 Å². The molecule has 1 aliphatic heterocycles. The van der Waals surface area contributed by atoms with Crippen molar-refractivity contribution in [1.29, 1.82) is 0 Å². The molecule has 0 radical (unpaired) electrons. The van der Waals surface area contributed by atoms with Crippen molar-refractivity contribution in [3.63, 3.8) is 0 Å². The van der Waals surface area contributed by atoms with Gasteiger partial charge in [-0.15, -0.1) is 0 Å². The van der Waals surface area contributed by atoms with Crippen LogP contribution in [-0.2, 0) is 14.3 Å². The summed E-state index contributed by atoms with van der Waals surface area (Å²) in [5.41, 5.74) is 0. The van der Waals surface area contributed by atoms with Gasteiger partial charge in [-0.05, 0) is 25.7 Å². The fourth-order valence-corrected chi connectivity index (χ4v) is 2.44. The fourth-order valence-electron chi connectivity index (χ4n) is 2.44. The summed E-state index contributed by atoms with van der Waals surface area (Å²) in [6, 6.07) is 0. The Hall–Kier alpha value is -0.570. The standard InChI is InChI=1S/C13H22O3/c1-2-3-4-5-8-15-13(14)10-6-7-11-12(9-10)16-11/h10-12H,2-9H2,1H3. The normalized spacial score (nSPS) is 31.9. The number of rotatable bonds is 6. The predicted molar refractivity (Wildman–Crippen MR) is 61.1 cm³/mol. The lowest BCUT2D eigenvalue weighted by atomic mass is 9.89. The Morgan fingerprint density at radius 2 is 2.12 bits per heavy atom. The maximum Gasteiger partial charge on any atom is 0.309 e. The van der Waals surface area contributed by atoms with E-state index in [1.54, 1.807) is 0 Å². The van der Waals surface area contributed by atoms with Crippen LogP contribution in [0.3, 0.4) is 0 Å². The number of carbonyl (C=O) groups excluding carboxylic acids is 1. The van der Waals surface area contributed by atoms with Crippen molar-refractivity contribution in [2.24, 2.45) is 5.92 Å². The van der Waals surface area contributed by atoms with Crippen LogP contribution in [0.1, 0.15) is 51.9 Å². The first kappa shape index (κ1) is 11.9. The van der Waals surface area contributed by atoms with Crippen LogP contribution in [0.5, 0.6) is 0 Å². The van der Waals surface area contributed by atoms with Crippen LogP contribution in [0.25, 0.3) is 0 Å². The van der Waals surface area contributed by atoms with Crippen molar-refractivity contribution in [3.05, 3.63) is 0 Å². The molecule has 1 saturated carbocycles. The van der Waals surface area contributed by atoms with Crippen molar-refractivity contribution in [2.75, 3.05) is 6.61 Å². The van der Waals surface area contributed by atoms with Crippen LogP contribution in [-0.4, -0.2) is 24.8 Å². The fraction of sp³-hybridized carbons (Fsp3) is 0.923. The second-order valence-electron chi connectivity index (χ2n) is 4.95. The number of epoxide rings is 1. The van der Waals surface area contributed by atoms with Crippen molar-refractivity contribution in [1.82, 2.24) is 0 Å². The first-order valence-electron chi connectivity index (χ1n) is 6.63. The van der Waals surface area contributed by atoms with E-state index in [4.69, 9.17) is 9.47 Å². The van der Waals surface area contributed by atoms with E-state index >= 15 is 0 Å². The van der Waals surface area contributed by atoms with Gasteiger partial charge in [-0.2, -0.15) is 0 Å². The van der Waals surface area contributed by atoms with Gasteiger partial charge in [-0.1, -0.05) is 26.2 Å². The maximum absolute atomic E-state index is 11.7. The number of hydrogen-bond donors (Lipinski definition) is 0. The number of esters is 1. The Morgan fingerprint density at radius 1 is 1.25 bits per heavy atom. The molecule has 3 atom stereocenters. The third kappa shape index (κ3) is 3.21. The number of hydrogen-bond acceptors (Lipinski definition) is 3. The second kappa shape index (κ2) is 5.67. The zero-order valence-corrected chi connectivity index (χ0v) is 10.1. The lowest BCUT2D eigenvalue weighted by Gasteiger charge is -2.17. The third-order valence-electron chi connectivity index (χ3n) is 3.58. The molecule has 1 aliphatic carbocycles. The first-order chi connectivity index (χ1) is 7.81. The molecule has 2 rings (SSSR count). The van der Waals surface area contributed by atoms with Crippen LogP contribution in [0.2, 0.25) is 0 Å². The molecular formula is C13H22O3. The number of unbranched alkanes of at least 4 members (excludes halogenated alkanes) is 3. The summed E-state index contributed by atoms with van der Waals surface area (Å²) in [7, 11) is 0. The summed E-state index contributed by atoms with van der Waals surface area (Å²) in [6.07, 6.45) is 8.35. The number of fused-ring (bicyclic) bond motifs is 1. The Morgan fingerprint density at radius 3 is 2.88 bits per heavy atom. The smallest absolute Gasteiger partial charge is 0.309 e. The summed E-state index contributed by atoms with van der Waals surface area (Å²) in [6.45, 7) is 2.78. The quantitative estimate of drug-likeness (QED) is 0.397. The van der Waals surface area contributed by atoms with Crippen LogP contribution >= 0.6 is 0 Å². The summed E-state index contributed by atoms with van der Waals surface area (Å²) in [4.78, 5) is 11.7. The van der Waals surface area contributed by atoms with Crippen LogP contribution in [0, 0.1) is 5.92 Å². The molecule has 0 aromatic rings. The molecule has 3 unspecified atom stereocenters. The van der Waals surface area contributed by atoms with Gasteiger partial charge in [0.25, 0.3) is 0 Å². The van der Waals surface area contributed by atoms with Crippen LogP contribution < -0.4 is 0 Å². The lowest BCUT2D eigenvalue weighted by molar-refractivity contribution is -0.149. The highest BCUT2D eigenvalue weighted by molar-refractivity contribution is 5.72. The summed E-state index contributed by atoms with van der Waals surface area (Å²) < 4.78 is 10.7. The third-order valence-corrected chi connectivity index (χ3v) is 3.58. The van der Waals surface area contributed by atoms with Gasteiger partial charge in [0.15, 0.2) is 0 Å². The largest absolute Gasteiger partial charge is 0.465 e. The Bertz CT molecular complexity index is 239. The average Bonchev–Trinajstić information content (AvgIpc) is 3.06. The van der Waals surface area contributed by atoms with Gasteiger partial charge in [0, 0.05) is 0 Å². The minimum Gasteiger partial charge on any atom is -0.465 e. The minimum absolute atomic E-state index is 0.00504. The van der Waals surface area contributed by atoms with Crippen molar-refractivity contribution < 1.29 is 14.3 Å². The highest BCUT2D eigenvalue weighted by atomic mass is 16.6. The van der Waals surface area contributed by atoms with Crippen molar-refractivity contribution in [2.45, 2.75) is 64.1 Å². The van der Waals surface area contributed by atoms with E-state index in [1.165, 1.54) is 19.3 Å². The van der Waals surface area contributed by atoms with E-state index in [9.17, 15) is 4.79 Å². The molecule has 1 heterocycles. The van der Waals surface area contributed by atoms with Crippen molar-refractivity contribution in [3.8, 4) is 0 Å². The molecule has 3 heteroatoms. The van der Waals surface area contributed by atoms with E-state index in [2.05, 4.69) is 6.92 Å². The molecular weight excluding hydrogens is 204 g/mol. The van der Waals surface area contributed by atoms with Crippen molar-refractivity contribution >= 4 is 5.97 Å². The molecule has 92 valence electrons. The molecule has 0 bridgehead atoms. The molecule has 0 aromatic carbocycles. The molecule has 0 aromatic heterocycles. The van der Waals surface area contributed by atoms with E-state index < -0.39 is 0 Å². The van der Waals surface area contributed by atoms with Gasteiger partial charge >= 0.3 is 5.97 Å². The SMILES string of the molecule is CCCCCCOC(=O)C1CCC2OC2C1. The predicted octanol–water partition coefficient (Wildman–Crippen LogP) is 2.68. The van der Waals surface area contributed by atoms with E-state index in [0.717, 1.165) is 25.7 Å². The minimum atomic E-state index is 0.00504. The molecule has 2 fully saturated rings. The van der Waals surface area contributed by atoms with Gasteiger partial charge in [0.05, 0.1) is 24.7 Å². The highest BCUT2D eigenvalue weighted by Gasteiger charge is 2.46. The summed E-state index contributed by atoms with van der Waals surface area (Å²) in [5, 5.41) is 0. The Balaban J connectivity index is 1.56. The molecule has 0 spiro atoms. The Labute approximate surface area is 97.5 Å². The average molecular weight is 226 g/mol. The summed E-state index contributed by atoms with van der Waals surface area (Å²) in [5.74, 6) is 0.111. The monoisotopic (exact) mass is 226 g/mol. The highest BCUT2D eigenvalue weighted by Crippen LogP contribution is 2.39. The topological polar surface area (TPSA) is 38.8 Å². The van der Waals surface area contributed by atoms with Gasteiger partial charge in [-0.3, -0.25) is 4.79 Å². The molecule has 2 aliphatic rings. The van der Waals surface area contributed by atoms with Crippen LogP contribution in [0.4, 0.5) is 0 Å².